The monoisotopic (exact) mass is 413 g/mol. The van der Waals surface area contributed by atoms with E-state index in [2.05, 4.69) is 5.32 Å². The number of nitrogens with zero attached hydrogens (tertiary/aromatic N) is 4. The minimum absolute atomic E-state index is 0.427. The molecular formula is C20H23N5O3S. The quantitative estimate of drug-likeness (QED) is 0.687. The molecule has 4 rings (SSSR count). The van der Waals surface area contributed by atoms with Crippen molar-refractivity contribution in [2.24, 2.45) is 0 Å². The number of ether oxygens (including phenoxy) is 1. The van der Waals surface area contributed by atoms with Crippen LogP contribution in [0.25, 0.3) is 10.9 Å². The van der Waals surface area contributed by atoms with Crippen LogP contribution in [0.5, 0.6) is 5.75 Å². The zero-order valence-electron chi connectivity index (χ0n) is 16.4. The SMILES string of the molecule is COc1ccc(Nc2nc(N3CCN(S(C)(=O)=O)CC3)nc3ccccc23)cc1. The van der Waals surface area contributed by atoms with Crippen LogP contribution in [0, 0.1) is 0 Å². The van der Waals surface area contributed by atoms with Gasteiger partial charge in [-0.3, -0.25) is 0 Å². The first kappa shape index (κ1) is 19.4. The van der Waals surface area contributed by atoms with E-state index in [1.807, 2.05) is 53.4 Å². The Balaban J connectivity index is 1.64. The lowest BCUT2D eigenvalue weighted by atomic mass is 10.2. The second-order valence-electron chi connectivity index (χ2n) is 6.89. The van der Waals surface area contributed by atoms with Crippen molar-refractivity contribution in [3.05, 3.63) is 48.5 Å². The summed E-state index contributed by atoms with van der Waals surface area (Å²) in [4.78, 5) is 11.5. The average Bonchev–Trinajstić information content (AvgIpc) is 2.74. The highest BCUT2D eigenvalue weighted by molar-refractivity contribution is 7.88. The minimum Gasteiger partial charge on any atom is -0.497 e. The molecule has 0 unspecified atom stereocenters. The van der Waals surface area contributed by atoms with Gasteiger partial charge >= 0.3 is 0 Å². The molecule has 152 valence electrons. The first-order valence-electron chi connectivity index (χ1n) is 9.32. The van der Waals surface area contributed by atoms with Crippen LogP contribution >= 0.6 is 0 Å². The van der Waals surface area contributed by atoms with E-state index in [9.17, 15) is 8.42 Å². The Morgan fingerprint density at radius 2 is 1.66 bits per heavy atom. The maximum absolute atomic E-state index is 11.8. The van der Waals surface area contributed by atoms with Gasteiger partial charge in [-0.05, 0) is 36.4 Å². The Kier molecular flexibility index (Phi) is 5.25. The molecule has 2 aromatic carbocycles. The van der Waals surface area contributed by atoms with Crippen LogP contribution in [-0.4, -0.2) is 62.2 Å². The molecule has 1 N–H and O–H groups in total. The number of aromatic nitrogens is 2. The molecule has 0 atom stereocenters. The van der Waals surface area contributed by atoms with Crippen molar-refractivity contribution in [3.63, 3.8) is 0 Å². The van der Waals surface area contributed by atoms with E-state index < -0.39 is 10.0 Å². The number of sulfonamides is 1. The van der Waals surface area contributed by atoms with Gasteiger partial charge in [0.15, 0.2) is 0 Å². The Labute approximate surface area is 170 Å². The summed E-state index contributed by atoms with van der Waals surface area (Å²) in [5, 5.41) is 4.29. The highest BCUT2D eigenvalue weighted by Crippen LogP contribution is 2.27. The number of methoxy groups -OCH3 is 1. The lowest BCUT2D eigenvalue weighted by Crippen LogP contribution is -2.48. The summed E-state index contributed by atoms with van der Waals surface area (Å²) in [6.45, 7) is 1.95. The fourth-order valence-electron chi connectivity index (χ4n) is 3.33. The molecule has 1 aromatic heterocycles. The van der Waals surface area contributed by atoms with Crippen molar-refractivity contribution in [2.75, 3.05) is 49.8 Å². The number of para-hydroxylation sites is 1. The summed E-state index contributed by atoms with van der Waals surface area (Å²) >= 11 is 0. The van der Waals surface area contributed by atoms with Gasteiger partial charge < -0.3 is 15.0 Å². The number of hydrogen-bond acceptors (Lipinski definition) is 7. The summed E-state index contributed by atoms with van der Waals surface area (Å²) in [6, 6.07) is 15.5. The van der Waals surface area contributed by atoms with Crippen LogP contribution in [0.3, 0.4) is 0 Å². The lowest BCUT2D eigenvalue weighted by Gasteiger charge is -2.33. The molecule has 1 aliphatic heterocycles. The zero-order chi connectivity index (χ0) is 20.4. The molecule has 2 heterocycles. The molecule has 8 nitrogen and oxygen atoms in total. The van der Waals surface area contributed by atoms with Crippen LogP contribution in [0.1, 0.15) is 0 Å². The van der Waals surface area contributed by atoms with Gasteiger partial charge in [0.2, 0.25) is 16.0 Å². The fraction of sp³-hybridized carbons (Fsp3) is 0.300. The zero-order valence-corrected chi connectivity index (χ0v) is 17.2. The van der Waals surface area contributed by atoms with Gasteiger partial charge in [-0.2, -0.15) is 9.29 Å². The van der Waals surface area contributed by atoms with Gasteiger partial charge in [0.1, 0.15) is 11.6 Å². The Bertz CT molecular complexity index is 1110. The molecule has 0 aliphatic carbocycles. The molecule has 9 heteroatoms. The number of hydrogen-bond donors (Lipinski definition) is 1. The highest BCUT2D eigenvalue weighted by Gasteiger charge is 2.25. The van der Waals surface area contributed by atoms with E-state index in [4.69, 9.17) is 14.7 Å². The van der Waals surface area contributed by atoms with Gasteiger partial charge in [-0.15, -0.1) is 0 Å². The van der Waals surface area contributed by atoms with E-state index in [1.54, 1.807) is 7.11 Å². The predicted molar refractivity (Wildman–Crippen MR) is 114 cm³/mol. The van der Waals surface area contributed by atoms with Crippen molar-refractivity contribution < 1.29 is 13.2 Å². The van der Waals surface area contributed by atoms with Crippen LogP contribution < -0.4 is 15.0 Å². The van der Waals surface area contributed by atoms with Gasteiger partial charge in [-0.25, -0.2) is 13.4 Å². The third kappa shape index (κ3) is 4.25. The van der Waals surface area contributed by atoms with E-state index in [0.29, 0.717) is 37.9 Å². The van der Waals surface area contributed by atoms with Crippen LogP contribution in [0.4, 0.5) is 17.5 Å². The first-order valence-corrected chi connectivity index (χ1v) is 11.2. The normalized spacial score (nSPS) is 15.4. The largest absolute Gasteiger partial charge is 0.497 e. The Hall–Kier alpha value is -2.91. The molecule has 0 radical (unpaired) electrons. The van der Waals surface area contributed by atoms with Gasteiger partial charge in [-0.1, -0.05) is 12.1 Å². The van der Waals surface area contributed by atoms with E-state index in [1.165, 1.54) is 10.6 Å². The smallest absolute Gasteiger partial charge is 0.227 e. The van der Waals surface area contributed by atoms with E-state index in [0.717, 1.165) is 22.3 Å². The highest BCUT2D eigenvalue weighted by atomic mass is 32.2. The van der Waals surface area contributed by atoms with Gasteiger partial charge in [0, 0.05) is 37.3 Å². The molecule has 1 saturated heterocycles. The van der Waals surface area contributed by atoms with Crippen LogP contribution in [-0.2, 0) is 10.0 Å². The Morgan fingerprint density at radius 1 is 0.966 bits per heavy atom. The second-order valence-corrected chi connectivity index (χ2v) is 8.87. The summed E-state index contributed by atoms with van der Waals surface area (Å²) in [5.74, 6) is 2.08. The number of fused-ring (bicyclic) bond motifs is 1. The molecule has 1 fully saturated rings. The fourth-order valence-corrected chi connectivity index (χ4v) is 4.16. The van der Waals surface area contributed by atoms with Crippen molar-refractivity contribution in [2.45, 2.75) is 0 Å². The van der Waals surface area contributed by atoms with E-state index in [-0.39, 0.29) is 0 Å². The number of piperazine rings is 1. The molecule has 1 aliphatic rings. The van der Waals surface area contributed by atoms with E-state index >= 15 is 0 Å². The van der Waals surface area contributed by atoms with Crippen LogP contribution in [0.15, 0.2) is 48.5 Å². The topological polar surface area (TPSA) is 87.7 Å². The summed E-state index contributed by atoms with van der Waals surface area (Å²) in [7, 11) is -1.54. The van der Waals surface area contributed by atoms with Crippen LogP contribution in [0.2, 0.25) is 0 Å². The minimum atomic E-state index is -3.18. The lowest BCUT2D eigenvalue weighted by molar-refractivity contribution is 0.386. The Morgan fingerprint density at radius 3 is 2.31 bits per heavy atom. The number of anilines is 3. The standard InChI is InChI=1S/C20H23N5O3S/c1-28-16-9-7-15(8-10-16)21-19-17-5-3-4-6-18(17)22-20(23-19)24-11-13-25(14-12-24)29(2,26)27/h3-10H,11-14H2,1-2H3,(H,21,22,23). The molecular weight excluding hydrogens is 390 g/mol. The third-order valence-electron chi connectivity index (χ3n) is 4.93. The maximum atomic E-state index is 11.8. The van der Waals surface area contributed by atoms with Gasteiger partial charge in [0.25, 0.3) is 0 Å². The predicted octanol–water partition coefficient (Wildman–Crippen LogP) is 2.46. The first-order chi connectivity index (χ1) is 13.9. The van der Waals surface area contributed by atoms with Gasteiger partial charge in [0.05, 0.1) is 18.9 Å². The number of nitrogens with one attached hydrogen (secondary N) is 1. The van der Waals surface area contributed by atoms with Crippen molar-refractivity contribution in [1.29, 1.82) is 0 Å². The summed E-state index contributed by atoms with van der Waals surface area (Å²) in [5.41, 5.74) is 1.72. The molecule has 3 aromatic rings. The number of benzene rings is 2. The summed E-state index contributed by atoms with van der Waals surface area (Å²) in [6.07, 6.45) is 1.24. The molecule has 0 spiro atoms. The maximum Gasteiger partial charge on any atom is 0.227 e. The molecule has 0 amide bonds. The van der Waals surface area contributed by atoms with Crippen molar-refractivity contribution in [1.82, 2.24) is 14.3 Å². The number of rotatable bonds is 5. The van der Waals surface area contributed by atoms with Crippen molar-refractivity contribution >= 4 is 38.4 Å². The molecule has 0 saturated carbocycles. The third-order valence-corrected chi connectivity index (χ3v) is 6.24. The molecule has 0 bridgehead atoms. The van der Waals surface area contributed by atoms with Crippen molar-refractivity contribution in [3.8, 4) is 5.75 Å². The summed E-state index contributed by atoms with van der Waals surface area (Å²) < 4.78 is 30.2. The average molecular weight is 414 g/mol. The second kappa shape index (κ2) is 7.84. The molecule has 29 heavy (non-hydrogen) atoms.